The number of nitrogens with zero attached hydrogens (tertiary/aromatic N) is 2. The van der Waals surface area contributed by atoms with Gasteiger partial charge in [-0.3, -0.25) is 0 Å². The Labute approximate surface area is 191 Å². The highest BCUT2D eigenvalue weighted by Crippen LogP contribution is 2.29. The Morgan fingerprint density at radius 2 is 1.77 bits per heavy atom. The van der Waals surface area contributed by atoms with Crippen molar-refractivity contribution >= 4 is 35.6 Å². The number of guanidine groups is 1. The molecule has 30 heavy (non-hydrogen) atoms. The summed E-state index contributed by atoms with van der Waals surface area (Å²) < 4.78 is 29.1. The third-order valence-electron chi connectivity index (χ3n) is 3.92. The molecule has 0 amide bonds. The molecule has 0 spiro atoms. The second kappa shape index (κ2) is 11.2. The molecule has 158 valence electrons. The van der Waals surface area contributed by atoms with Gasteiger partial charge < -0.3 is 25.3 Å². The van der Waals surface area contributed by atoms with Gasteiger partial charge in [-0.1, -0.05) is 0 Å². The van der Waals surface area contributed by atoms with Crippen LogP contribution < -0.4 is 25.3 Å². The van der Waals surface area contributed by atoms with Gasteiger partial charge in [-0.15, -0.1) is 24.0 Å². The van der Waals surface area contributed by atoms with Crippen LogP contribution >= 0.6 is 24.0 Å². The van der Waals surface area contributed by atoms with Crippen molar-refractivity contribution in [2.45, 2.75) is 6.54 Å². The third kappa shape index (κ3) is 6.48. The fourth-order valence-corrected chi connectivity index (χ4v) is 2.51. The van der Waals surface area contributed by atoms with Crippen molar-refractivity contribution in [2.24, 2.45) is 10.7 Å². The summed E-state index contributed by atoms with van der Waals surface area (Å²) in [7, 11) is 3.14. The van der Waals surface area contributed by atoms with E-state index in [1.165, 1.54) is 24.3 Å². The molecule has 0 aliphatic heterocycles. The molecule has 0 saturated carbocycles. The van der Waals surface area contributed by atoms with Crippen LogP contribution in [0.5, 0.6) is 23.1 Å². The maximum Gasteiger partial charge on any atom is 0.219 e. The SMILES string of the molecule is COc1ccc(NC(N)=NCc2ccnc(Oc3ccc(F)cc3)c2)cc1OC.I. The van der Waals surface area contributed by atoms with E-state index in [0.29, 0.717) is 29.7 Å². The minimum absolute atomic E-state index is 0. The molecule has 1 heterocycles. The summed E-state index contributed by atoms with van der Waals surface area (Å²) in [5.41, 5.74) is 7.55. The molecule has 2 aromatic carbocycles. The molecule has 0 saturated heterocycles. The van der Waals surface area contributed by atoms with Crippen LogP contribution in [0.15, 0.2) is 65.8 Å². The van der Waals surface area contributed by atoms with Gasteiger partial charge in [0.2, 0.25) is 5.88 Å². The summed E-state index contributed by atoms with van der Waals surface area (Å²) >= 11 is 0. The number of aliphatic imine (C=N–C) groups is 1. The maximum absolute atomic E-state index is 13.0. The predicted molar refractivity (Wildman–Crippen MR) is 125 cm³/mol. The number of aromatic nitrogens is 1. The van der Waals surface area contributed by atoms with E-state index in [-0.39, 0.29) is 35.8 Å². The molecule has 0 aliphatic rings. The van der Waals surface area contributed by atoms with Gasteiger partial charge in [-0.05, 0) is 48.0 Å². The van der Waals surface area contributed by atoms with Crippen LogP contribution in [0.3, 0.4) is 0 Å². The number of rotatable bonds is 7. The number of hydrogen-bond donors (Lipinski definition) is 2. The van der Waals surface area contributed by atoms with E-state index >= 15 is 0 Å². The lowest BCUT2D eigenvalue weighted by molar-refractivity contribution is 0.355. The standard InChI is InChI=1S/C21H21FN4O3.HI/c1-27-18-8-5-16(12-19(18)28-2)26-21(23)25-13-14-9-10-24-20(11-14)29-17-6-3-15(22)4-7-17;/h3-12H,13H2,1-2H3,(H3,23,25,26);1H. The number of methoxy groups -OCH3 is 2. The summed E-state index contributed by atoms with van der Waals surface area (Å²) in [6.07, 6.45) is 1.61. The number of halogens is 2. The first-order chi connectivity index (χ1) is 14.1. The largest absolute Gasteiger partial charge is 0.493 e. The van der Waals surface area contributed by atoms with Gasteiger partial charge in [-0.25, -0.2) is 14.4 Å². The Balaban J connectivity index is 0.00000320. The molecular weight excluding hydrogens is 502 g/mol. The van der Waals surface area contributed by atoms with Crippen molar-refractivity contribution < 1.29 is 18.6 Å². The highest BCUT2D eigenvalue weighted by Gasteiger charge is 2.05. The predicted octanol–water partition coefficient (Wildman–Crippen LogP) is 4.58. The quantitative estimate of drug-likeness (QED) is 0.267. The molecule has 0 unspecified atom stereocenters. The van der Waals surface area contributed by atoms with Crippen LogP contribution in [-0.2, 0) is 6.54 Å². The lowest BCUT2D eigenvalue weighted by atomic mass is 10.2. The molecule has 9 heteroatoms. The molecule has 3 aromatic rings. The van der Waals surface area contributed by atoms with Gasteiger partial charge in [0, 0.05) is 24.0 Å². The molecule has 0 aliphatic carbocycles. The van der Waals surface area contributed by atoms with Crippen LogP contribution in [-0.4, -0.2) is 25.2 Å². The summed E-state index contributed by atoms with van der Waals surface area (Å²) in [5, 5.41) is 3.01. The zero-order chi connectivity index (χ0) is 20.6. The van der Waals surface area contributed by atoms with Gasteiger partial charge in [-0.2, -0.15) is 0 Å². The van der Waals surface area contributed by atoms with E-state index in [0.717, 1.165) is 11.3 Å². The Kier molecular flexibility index (Phi) is 8.66. The number of anilines is 1. The van der Waals surface area contributed by atoms with E-state index in [9.17, 15) is 4.39 Å². The van der Waals surface area contributed by atoms with E-state index in [1.807, 2.05) is 12.1 Å². The number of nitrogens with one attached hydrogen (secondary N) is 1. The average molecular weight is 524 g/mol. The zero-order valence-electron chi connectivity index (χ0n) is 16.5. The normalized spacial score (nSPS) is 10.7. The number of ether oxygens (including phenoxy) is 3. The molecule has 0 fully saturated rings. The Bertz CT molecular complexity index is 1000. The Morgan fingerprint density at radius 3 is 2.47 bits per heavy atom. The number of benzene rings is 2. The fraction of sp³-hybridized carbons (Fsp3) is 0.143. The van der Waals surface area contributed by atoms with Crippen LogP contribution in [0.4, 0.5) is 10.1 Å². The molecule has 7 nitrogen and oxygen atoms in total. The van der Waals surface area contributed by atoms with Crippen molar-refractivity contribution in [2.75, 3.05) is 19.5 Å². The van der Waals surface area contributed by atoms with E-state index in [1.54, 1.807) is 38.6 Å². The smallest absolute Gasteiger partial charge is 0.219 e. The topological polar surface area (TPSA) is 91.0 Å². The van der Waals surface area contributed by atoms with Gasteiger partial charge in [0.05, 0.1) is 20.8 Å². The van der Waals surface area contributed by atoms with E-state index in [2.05, 4.69) is 15.3 Å². The molecule has 0 radical (unpaired) electrons. The first-order valence-corrected chi connectivity index (χ1v) is 8.74. The van der Waals surface area contributed by atoms with Gasteiger partial charge in [0.1, 0.15) is 11.6 Å². The minimum atomic E-state index is -0.328. The van der Waals surface area contributed by atoms with E-state index in [4.69, 9.17) is 19.9 Å². The molecule has 3 rings (SSSR count). The molecule has 0 bridgehead atoms. The monoisotopic (exact) mass is 524 g/mol. The van der Waals surface area contributed by atoms with Crippen LogP contribution in [0.2, 0.25) is 0 Å². The van der Waals surface area contributed by atoms with Crippen molar-refractivity contribution in [3.63, 3.8) is 0 Å². The Hall–Kier alpha value is -3.08. The van der Waals surface area contributed by atoms with Crippen LogP contribution in [0, 0.1) is 5.82 Å². The Morgan fingerprint density at radius 1 is 1.03 bits per heavy atom. The molecule has 3 N–H and O–H groups in total. The lowest BCUT2D eigenvalue weighted by Crippen LogP contribution is -2.22. The van der Waals surface area contributed by atoms with Crippen LogP contribution in [0.25, 0.3) is 0 Å². The third-order valence-corrected chi connectivity index (χ3v) is 3.92. The van der Waals surface area contributed by atoms with E-state index < -0.39 is 0 Å². The molecular formula is C21H22FIN4O3. The second-order valence-electron chi connectivity index (χ2n) is 5.95. The number of nitrogens with two attached hydrogens (primary N) is 1. The summed E-state index contributed by atoms with van der Waals surface area (Å²) in [5.74, 6) is 2.01. The van der Waals surface area contributed by atoms with Crippen molar-refractivity contribution in [1.29, 1.82) is 0 Å². The summed E-state index contributed by atoms with van der Waals surface area (Å²) in [6.45, 7) is 0.328. The summed E-state index contributed by atoms with van der Waals surface area (Å²) in [4.78, 5) is 8.48. The number of pyridine rings is 1. The zero-order valence-corrected chi connectivity index (χ0v) is 18.8. The maximum atomic E-state index is 13.0. The fourth-order valence-electron chi connectivity index (χ4n) is 2.51. The average Bonchev–Trinajstić information content (AvgIpc) is 2.74. The molecule has 0 atom stereocenters. The molecule has 1 aromatic heterocycles. The van der Waals surface area contributed by atoms with Crippen molar-refractivity contribution in [1.82, 2.24) is 4.98 Å². The summed E-state index contributed by atoms with van der Waals surface area (Å²) in [6, 6.07) is 14.6. The minimum Gasteiger partial charge on any atom is -0.493 e. The van der Waals surface area contributed by atoms with Gasteiger partial charge >= 0.3 is 0 Å². The van der Waals surface area contributed by atoms with Gasteiger partial charge in [0.15, 0.2) is 17.5 Å². The van der Waals surface area contributed by atoms with Gasteiger partial charge in [0.25, 0.3) is 0 Å². The lowest BCUT2D eigenvalue weighted by Gasteiger charge is -2.11. The highest BCUT2D eigenvalue weighted by atomic mass is 127. The van der Waals surface area contributed by atoms with Crippen molar-refractivity contribution in [3.05, 3.63) is 72.2 Å². The first-order valence-electron chi connectivity index (χ1n) is 8.74. The number of hydrogen-bond acceptors (Lipinski definition) is 5. The highest BCUT2D eigenvalue weighted by molar-refractivity contribution is 14.0. The van der Waals surface area contributed by atoms with Crippen molar-refractivity contribution in [3.8, 4) is 23.1 Å². The second-order valence-corrected chi connectivity index (χ2v) is 5.95. The van der Waals surface area contributed by atoms with Crippen LogP contribution in [0.1, 0.15) is 5.56 Å². The first kappa shape index (κ1) is 23.2.